The van der Waals surface area contributed by atoms with E-state index in [1.165, 1.54) is 0 Å². The third kappa shape index (κ3) is 2.53. The van der Waals surface area contributed by atoms with E-state index < -0.39 is 0 Å². The summed E-state index contributed by atoms with van der Waals surface area (Å²) in [5, 5.41) is 1.21. The maximum Gasteiger partial charge on any atom is 0.166 e. The summed E-state index contributed by atoms with van der Waals surface area (Å²) in [6.07, 6.45) is 0. The molecular weight excluding hydrogens is 295 g/mol. The van der Waals surface area contributed by atoms with Crippen molar-refractivity contribution in [1.82, 2.24) is 9.97 Å². The molecule has 0 aliphatic carbocycles. The molecule has 0 N–H and O–H groups in total. The summed E-state index contributed by atoms with van der Waals surface area (Å²) in [4.78, 5) is 8.38. The smallest absolute Gasteiger partial charge is 0.166 e. The van der Waals surface area contributed by atoms with Crippen molar-refractivity contribution >= 4 is 34.8 Å². The van der Waals surface area contributed by atoms with Crippen LogP contribution in [0.2, 0.25) is 15.3 Å². The molecule has 1 aromatic heterocycles. The van der Waals surface area contributed by atoms with Gasteiger partial charge in [0.05, 0.1) is 12.7 Å². The Morgan fingerprint density at radius 3 is 2.22 bits per heavy atom. The first-order chi connectivity index (χ1) is 8.52. The average molecular weight is 304 g/mol. The van der Waals surface area contributed by atoms with Gasteiger partial charge in [0.15, 0.2) is 5.82 Å². The quantitative estimate of drug-likeness (QED) is 0.770. The fraction of sp³-hybridized carbons (Fsp3) is 0.167. The van der Waals surface area contributed by atoms with E-state index in [-0.39, 0.29) is 0 Å². The number of aromatic nitrogens is 2. The zero-order valence-corrected chi connectivity index (χ0v) is 11.9. The Balaban J connectivity index is 2.62. The highest BCUT2D eigenvalue weighted by atomic mass is 35.5. The summed E-state index contributed by atoms with van der Waals surface area (Å²) in [6, 6.07) is 5.17. The van der Waals surface area contributed by atoms with E-state index >= 15 is 0 Å². The lowest BCUT2D eigenvalue weighted by atomic mass is 10.2. The molecule has 0 radical (unpaired) electrons. The van der Waals surface area contributed by atoms with Gasteiger partial charge in [-0.15, -0.1) is 0 Å². The molecular formula is C12H9Cl3N2O. The fourth-order valence-electron chi connectivity index (χ4n) is 1.43. The molecule has 2 rings (SSSR count). The fourth-order valence-corrected chi connectivity index (χ4v) is 1.98. The van der Waals surface area contributed by atoms with Gasteiger partial charge in [0, 0.05) is 10.6 Å². The molecule has 0 unspecified atom stereocenters. The summed E-state index contributed by atoms with van der Waals surface area (Å²) in [7, 11) is 1.55. The van der Waals surface area contributed by atoms with E-state index in [9.17, 15) is 0 Å². The normalized spacial score (nSPS) is 10.5. The number of ether oxygens (including phenoxy) is 1. The van der Waals surface area contributed by atoms with Gasteiger partial charge in [0.1, 0.15) is 16.1 Å². The van der Waals surface area contributed by atoms with Crippen LogP contribution in [0.5, 0.6) is 5.75 Å². The molecule has 94 valence electrons. The van der Waals surface area contributed by atoms with Crippen molar-refractivity contribution in [1.29, 1.82) is 0 Å². The second-order valence-corrected chi connectivity index (χ2v) is 4.75. The van der Waals surface area contributed by atoms with Crippen LogP contribution in [0.15, 0.2) is 18.2 Å². The minimum atomic E-state index is 0.321. The number of methoxy groups -OCH3 is 1. The lowest BCUT2D eigenvalue weighted by Crippen LogP contribution is -1.96. The summed E-state index contributed by atoms with van der Waals surface area (Å²) >= 11 is 17.9. The molecule has 0 atom stereocenters. The third-order valence-corrected chi connectivity index (χ3v) is 3.40. The average Bonchev–Trinajstić information content (AvgIpc) is 2.35. The van der Waals surface area contributed by atoms with Gasteiger partial charge in [-0.05, 0) is 25.1 Å². The maximum atomic E-state index is 5.99. The number of halogens is 3. The second kappa shape index (κ2) is 5.31. The Kier molecular flexibility index (Phi) is 3.95. The van der Waals surface area contributed by atoms with Gasteiger partial charge in [-0.25, -0.2) is 9.97 Å². The van der Waals surface area contributed by atoms with E-state index in [1.54, 1.807) is 32.2 Å². The minimum absolute atomic E-state index is 0.321. The molecule has 0 bridgehead atoms. The Morgan fingerprint density at radius 2 is 1.67 bits per heavy atom. The molecule has 0 aliphatic heterocycles. The van der Waals surface area contributed by atoms with Crippen LogP contribution in [0, 0.1) is 6.92 Å². The van der Waals surface area contributed by atoms with Crippen LogP contribution in [0.4, 0.5) is 0 Å². The molecule has 0 fully saturated rings. The Morgan fingerprint density at radius 1 is 1.06 bits per heavy atom. The van der Waals surface area contributed by atoms with Crippen LogP contribution >= 0.6 is 34.8 Å². The van der Waals surface area contributed by atoms with Crippen molar-refractivity contribution in [2.24, 2.45) is 0 Å². The zero-order chi connectivity index (χ0) is 13.3. The first kappa shape index (κ1) is 13.4. The topological polar surface area (TPSA) is 35.0 Å². The Hall–Kier alpha value is -1.03. The van der Waals surface area contributed by atoms with E-state index in [1.807, 2.05) is 0 Å². The number of hydrogen-bond donors (Lipinski definition) is 0. The van der Waals surface area contributed by atoms with Crippen LogP contribution in [0.3, 0.4) is 0 Å². The molecule has 1 aromatic carbocycles. The highest BCUT2D eigenvalue weighted by molar-refractivity contribution is 6.34. The number of hydrogen-bond acceptors (Lipinski definition) is 3. The van der Waals surface area contributed by atoms with Gasteiger partial charge in [-0.3, -0.25) is 0 Å². The molecule has 2 aromatic rings. The molecule has 1 heterocycles. The predicted octanol–water partition coefficient (Wildman–Crippen LogP) is 4.42. The second-order valence-electron chi connectivity index (χ2n) is 3.60. The molecule has 0 amide bonds. The molecule has 6 heteroatoms. The summed E-state index contributed by atoms with van der Waals surface area (Å²) < 4.78 is 5.24. The van der Waals surface area contributed by atoms with Crippen molar-refractivity contribution in [3.05, 3.63) is 39.1 Å². The van der Waals surface area contributed by atoms with E-state index in [0.29, 0.717) is 38.0 Å². The number of benzene rings is 1. The van der Waals surface area contributed by atoms with Crippen molar-refractivity contribution in [2.75, 3.05) is 7.11 Å². The number of rotatable bonds is 2. The first-order valence-electron chi connectivity index (χ1n) is 5.06. The van der Waals surface area contributed by atoms with Crippen molar-refractivity contribution in [3.63, 3.8) is 0 Å². The number of nitrogens with zero attached hydrogens (tertiary/aromatic N) is 2. The Labute approximate surface area is 120 Å². The molecule has 0 saturated heterocycles. The van der Waals surface area contributed by atoms with Crippen LogP contribution in [0.1, 0.15) is 5.56 Å². The molecule has 18 heavy (non-hydrogen) atoms. The summed E-state index contributed by atoms with van der Waals surface area (Å²) in [5.41, 5.74) is 1.33. The molecule has 0 saturated carbocycles. The van der Waals surface area contributed by atoms with Crippen molar-refractivity contribution in [2.45, 2.75) is 6.92 Å². The SMILES string of the molecule is COc1cc(Cl)ccc1-c1nc(Cl)c(C)c(Cl)n1. The van der Waals surface area contributed by atoms with E-state index in [0.717, 1.165) is 0 Å². The summed E-state index contributed by atoms with van der Waals surface area (Å²) in [5.74, 6) is 0.975. The maximum absolute atomic E-state index is 5.99. The monoisotopic (exact) mass is 302 g/mol. The van der Waals surface area contributed by atoms with Gasteiger partial charge in [0.25, 0.3) is 0 Å². The van der Waals surface area contributed by atoms with Gasteiger partial charge in [-0.1, -0.05) is 34.8 Å². The lowest BCUT2D eigenvalue weighted by molar-refractivity contribution is 0.416. The van der Waals surface area contributed by atoms with E-state index in [2.05, 4.69) is 9.97 Å². The van der Waals surface area contributed by atoms with Crippen LogP contribution < -0.4 is 4.74 Å². The molecule has 0 spiro atoms. The van der Waals surface area contributed by atoms with Crippen LogP contribution in [-0.2, 0) is 0 Å². The first-order valence-corrected chi connectivity index (χ1v) is 6.20. The van der Waals surface area contributed by atoms with Gasteiger partial charge < -0.3 is 4.74 Å². The molecule has 3 nitrogen and oxygen atoms in total. The third-order valence-electron chi connectivity index (χ3n) is 2.43. The van der Waals surface area contributed by atoms with Crippen LogP contribution in [-0.4, -0.2) is 17.1 Å². The summed E-state index contributed by atoms with van der Waals surface area (Å²) in [6.45, 7) is 1.76. The highest BCUT2D eigenvalue weighted by Gasteiger charge is 2.13. The molecule has 0 aliphatic rings. The van der Waals surface area contributed by atoms with Crippen molar-refractivity contribution < 1.29 is 4.74 Å². The van der Waals surface area contributed by atoms with Gasteiger partial charge in [0.2, 0.25) is 0 Å². The highest BCUT2D eigenvalue weighted by Crippen LogP contribution is 2.32. The largest absolute Gasteiger partial charge is 0.496 e. The predicted molar refractivity (Wildman–Crippen MR) is 73.8 cm³/mol. The van der Waals surface area contributed by atoms with Crippen molar-refractivity contribution in [3.8, 4) is 17.1 Å². The van der Waals surface area contributed by atoms with Gasteiger partial charge >= 0.3 is 0 Å². The van der Waals surface area contributed by atoms with Gasteiger partial charge in [-0.2, -0.15) is 0 Å². The van der Waals surface area contributed by atoms with E-state index in [4.69, 9.17) is 39.5 Å². The minimum Gasteiger partial charge on any atom is -0.496 e. The zero-order valence-electron chi connectivity index (χ0n) is 9.67. The Bertz CT molecular complexity index is 579. The standard InChI is InChI=1S/C12H9Cl3N2O/c1-6-10(14)16-12(17-11(6)15)8-4-3-7(13)5-9(8)18-2/h3-5H,1-2H3. The lowest BCUT2D eigenvalue weighted by Gasteiger charge is -2.09. The van der Waals surface area contributed by atoms with Crippen LogP contribution in [0.25, 0.3) is 11.4 Å².